The third-order valence-corrected chi connectivity index (χ3v) is 25.1. The molecule has 9 aromatic rings. The lowest BCUT2D eigenvalue weighted by molar-refractivity contribution is 0.332. The van der Waals surface area contributed by atoms with Crippen molar-refractivity contribution in [3.8, 4) is 0 Å². The molecule has 0 saturated heterocycles. The topological polar surface area (TPSA) is 9.72 Å². The Kier molecular flexibility index (Phi) is 13.4. The maximum atomic E-state index is 2.81. The lowest BCUT2D eigenvalue weighted by Crippen LogP contribution is -2.62. The molecule has 486 valence electrons. The molecule has 4 heteroatoms. The first kappa shape index (κ1) is 63.5. The van der Waals surface area contributed by atoms with Crippen molar-refractivity contribution in [2.45, 2.75) is 240 Å². The van der Waals surface area contributed by atoms with Crippen molar-refractivity contribution in [3.05, 3.63) is 247 Å². The van der Waals surface area contributed by atoms with Crippen LogP contribution in [-0.2, 0) is 54.1 Å². The summed E-state index contributed by atoms with van der Waals surface area (Å²) in [6.07, 6.45) is 3.39. The molecular weight excluding hydrogens is 1150 g/mol. The maximum absolute atomic E-state index is 2.81. The number of nitrogens with zero attached hydrogens (tertiary/aromatic N) is 3. The molecule has 2 heterocycles. The Morgan fingerprint density at radius 2 is 0.621 bits per heavy atom. The molecule has 0 amide bonds. The van der Waals surface area contributed by atoms with E-state index < -0.39 is 0 Å². The highest BCUT2D eigenvalue weighted by atomic mass is 15.2. The molecule has 95 heavy (non-hydrogen) atoms. The molecule has 9 aromatic carbocycles. The van der Waals surface area contributed by atoms with Gasteiger partial charge in [0.2, 0.25) is 0 Å². The molecule has 0 fully saturated rings. The largest absolute Gasteiger partial charge is 0.311 e. The van der Waals surface area contributed by atoms with Gasteiger partial charge < -0.3 is 14.7 Å². The lowest BCUT2D eigenvalue weighted by atomic mass is 9.32. The van der Waals surface area contributed by atoms with Crippen molar-refractivity contribution in [1.82, 2.24) is 0 Å². The molecule has 4 aliphatic carbocycles. The van der Waals surface area contributed by atoms with Crippen LogP contribution in [0.5, 0.6) is 0 Å². The fourth-order valence-electron chi connectivity index (χ4n) is 19.5. The first-order valence-corrected chi connectivity index (χ1v) is 35.9. The molecule has 0 saturated carbocycles. The van der Waals surface area contributed by atoms with Crippen LogP contribution in [0.15, 0.2) is 158 Å². The van der Waals surface area contributed by atoms with Crippen molar-refractivity contribution in [2.75, 3.05) is 14.7 Å². The van der Waals surface area contributed by atoms with Gasteiger partial charge in [0.25, 0.3) is 6.71 Å². The molecule has 0 unspecified atom stereocenters. The Hall–Kier alpha value is -7.56. The highest BCUT2D eigenvalue weighted by molar-refractivity contribution is 7.00. The molecule has 3 nitrogen and oxygen atoms in total. The summed E-state index contributed by atoms with van der Waals surface area (Å²) in [6, 6.07) is 64.5. The highest BCUT2D eigenvalue weighted by Gasteiger charge is 2.52. The zero-order chi connectivity index (χ0) is 68.0. The van der Waals surface area contributed by atoms with Crippen LogP contribution >= 0.6 is 0 Å². The number of rotatable bonds is 5. The minimum Gasteiger partial charge on any atom is -0.311 e. The van der Waals surface area contributed by atoms with Gasteiger partial charge in [-0.05, 0) is 232 Å². The summed E-state index contributed by atoms with van der Waals surface area (Å²) in [6.45, 7) is 58.6. The Morgan fingerprint density at radius 3 is 0.968 bits per heavy atom. The lowest BCUT2D eigenvalue weighted by Gasteiger charge is -2.50. The average molecular weight is 1250 g/mol. The summed E-state index contributed by atoms with van der Waals surface area (Å²) < 4.78 is 0. The molecule has 15 rings (SSSR count). The normalized spacial score (nSPS) is 19.4. The number of hydrogen-bond acceptors (Lipinski definition) is 3. The standard InChI is InChI=1S/C91H104BN3/c1-54-43-65-67(85(11,12)42-41-84(65,9)10)49-75(54)94-77-51-71-69(88(17,18)61-29-25-27-31-63(61)90(71,21)22)47-73(77)92-74-48-70-72(91(23,24)64-32-28-26-30-62(64)89(70,19)20)52-78(74)95(76-50-68-66(44-55(76)2)86(13,14)53-87(68,15)16)80-46-60(45-79(94)81(80)92)93(58-37-33-56(34-38-58)82(3,4)5)59-39-35-57(36-40-59)83(6,7)8/h25-40,43-52H,41-42,53H2,1-24H3. The SMILES string of the molecule is Cc1cc2c(cc1N1c3cc4c(cc3B3c5cc6c(cc5N(c5cc7c(cc5C)C(C)(C)CC7(C)C)c5cc(N(c7ccc(C(C)(C)C)cc7)c7ccc(C(C)(C)C)cc7)cc1c53)C(C)(C)c1ccccc1C6(C)C)C(C)(C)c1ccccc1C4(C)C)C(C)(C)CCC2(C)C. The molecule has 0 bridgehead atoms. The van der Waals surface area contributed by atoms with Gasteiger partial charge in [-0.1, -0.05) is 249 Å². The van der Waals surface area contributed by atoms with E-state index in [0.717, 1.165) is 36.3 Å². The van der Waals surface area contributed by atoms with E-state index in [4.69, 9.17) is 0 Å². The second-order valence-electron chi connectivity index (χ2n) is 37.0. The van der Waals surface area contributed by atoms with E-state index in [9.17, 15) is 0 Å². The maximum Gasteiger partial charge on any atom is 0.252 e. The highest BCUT2D eigenvalue weighted by Crippen LogP contribution is 2.59. The first-order chi connectivity index (χ1) is 44.2. The third-order valence-electron chi connectivity index (χ3n) is 25.1. The van der Waals surface area contributed by atoms with Crippen LogP contribution in [0.1, 0.15) is 261 Å². The van der Waals surface area contributed by atoms with Crippen LogP contribution in [0, 0.1) is 13.8 Å². The van der Waals surface area contributed by atoms with Crippen molar-refractivity contribution < 1.29 is 0 Å². The summed E-state index contributed by atoms with van der Waals surface area (Å²) in [5.41, 5.74) is 36.3. The fourth-order valence-corrected chi connectivity index (χ4v) is 19.5. The van der Waals surface area contributed by atoms with Crippen LogP contribution in [0.25, 0.3) is 0 Å². The minimum atomic E-state index is -0.293. The third kappa shape index (κ3) is 9.16. The van der Waals surface area contributed by atoms with Gasteiger partial charge in [-0.15, -0.1) is 0 Å². The van der Waals surface area contributed by atoms with Crippen molar-refractivity contribution in [2.24, 2.45) is 0 Å². The van der Waals surface area contributed by atoms with E-state index in [0.29, 0.717) is 0 Å². The second-order valence-corrected chi connectivity index (χ2v) is 37.0. The van der Waals surface area contributed by atoms with Gasteiger partial charge in [0.15, 0.2) is 0 Å². The van der Waals surface area contributed by atoms with Crippen LogP contribution in [0.4, 0.5) is 51.2 Å². The van der Waals surface area contributed by atoms with Crippen LogP contribution in [0.3, 0.4) is 0 Å². The van der Waals surface area contributed by atoms with Gasteiger partial charge in [0, 0.05) is 67.2 Å². The Labute approximate surface area is 571 Å². The Balaban J connectivity index is 1.14. The van der Waals surface area contributed by atoms with Crippen molar-refractivity contribution in [3.63, 3.8) is 0 Å². The van der Waals surface area contributed by atoms with Crippen LogP contribution in [0.2, 0.25) is 0 Å². The summed E-state index contributed by atoms with van der Waals surface area (Å²) in [5, 5.41) is 0. The summed E-state index contributed by atoms with van der Waals surface area (Å²) in [7, 11) is 0. The van der Waals surface area contributed by atoms with E-state index >= 15 is 0 Å². The number of aryl methyl sites for hydroxylation is 2. The summed E-state index contributed by atoms with van der Waals surface area (Å²) in [4.78, 5) is 8.19. The van der Waals surface area contributed by atoms with E-state index in [-0.39, 0.29) is 60.9 Å². The minimum absolute atomic E-state index is 0.0192. The van der Waals surface area contributed by atoms with Gasteiger partial charge in [-0.25, -0.2) is 0 Å². The molecule has 0 radical (unpaired) electrons. The average Bonchev–Trinajstić information content (AvgIpc) is 1.03. The van der Waals surface area contributed by atoms with Crippen LogP contribution in [-0.4, -0.2) is 6.71 Å². The monoisotopic (exact) mass is 1250 g/mol. The van der Waals surface area contributed by atoms with Gasteiger partial charge in [-0.3, -0.25) is 0 Å². The van der Waals surface area contributed by atoms with E-state index in [1.165, 1.54) is 140 Å². The van der Waals surface area contributed by atoms with Gasteiger partial charge in [-0.2, -0.15) is 0 Å². The van der Waals surface area contributed by atoms with Gasteiger partial charge in [0.05, 0.1) is 5.69 Å². The smallest absolute Gasteiger partial charge is 0.252 e. The number of hydrogen-bond donors (Lipinski definition) is 0. The summed E-state index contributed by atoms with van der Waals surface area (Å²) in [5.74, 6) is 0. The number of benzene rings is 9. The molecule has 6 aliphatic rings. The predicted molar refractivity (Wildman–Crippen MR) is 409 cm³/mol. The molecule has 0 spiro atoms. The van der Waals surface area contributed by atoms with Crippen molar-refractivity contribution in [1.29, 1.82) is 0 Å². The Bertz CT molecular complexity index is 4670. The zero-order valence-corrected chi connectivity index (χ0v) is 62.1. The van der Waals surface area contributed by atoms with Gasteiger partial charge in [0.1, 0.15) is 0 Å². The Morgan fingerprint density at radius 1 is 0.316 bits per heavy atom. The van der Waals surface area contributed by atoms with Crippen molar-refractivity contribution >= 4 is 74.3 Å². The second kappa shape index (κ2) is 20.0. The van der Waals surface area contributed by atoms with E-state index in [1.54, 1.807) is 0 Å². The van der Waals surface area contributed by atoms with Crippen LogP contribution < -0.4 is 31.1 Å². The molecule has 0 atom stereocenters. The van der Waals surface area contributed by atoms with Gasteiger partial charge >= 0.3 is 0 Å². The molecule has 0 N–H and O–H groups in total. The summed E-state index contributed by atoms with van der Waals surface area (Å²) >= 11 is 0. The quantitative estimate of drug-likeness (QED) is 0.159. The predicted octanol–water partition coefficient (Wildman–Crippen LogP) is 22.7. The number of anilines is 9. The first-order valence-electron chi connectivity index (χ1n) is 35.9. The zero-order valence-electron chi connectivity index (χ0n) is 62.1. The molecular formula is C91H104BN3. The number of fused-ring (bicyclic) bond motifs is 10. The molecule has 2 aliphatic heterocycles. The van der Waals surface area contributed by atoms with E-state index in [2.05, 4.69) is 339 Å². The van der Waals surface area contributed by atoms with E-state index in [1.807, 2.05) is 0 Å². The fraction of sp³-hybridized carbons (Fsp3) is 0.407. The molecule has 0 aromatic heterocycles.